The molecule has 0 saturated heterocycles. The highest BCUT2D eigenvalue weighted by Crippen LogP contribution is 2.32. The lowest BCUT2D eigenvalue weighted by molar-refractivity contribution is -0.143. The number of esters is 1. The molecule has 0 radical (unpaired) electrons. The predicted molar refractivity (Wildman–Crippen MR) is 58.3 cm³/mol. The number of carbonyl (C=O) groups excluding carboxylic acids is 1. The predicted octanol–water partition coefficient (Wildman–Crippen LogP) is 3.00. The van der Waals surface area contributed by atoms with Crippen molar-refractivity contribution in [1.29, 1.82) is 0 Å². The van der Waals surface area contributed by atoms with E-state index in [2.05, 4.69) is 30.5 Å². The smallest absolute Gasteiger partial charge is 0.433 e. The van der Waals surface area contributed by atoms with Crippen LogP contribution in [-0.2, 0) is 15.7 Å². The second-order valence-electron chi connectivity index (χ2n) is 3.12. The molecule has 4 nitrogen and oxygen atoms in total. The van der Waals surface area contributed by atoms with E-state index in [-0.39, 0.29) is 10.2 Å². The molecule has 1 rings (SSSR count). The molecule has 0 amide bonds. The van der Waals surface area contributed by atoms with Gasteiger partial charge in [-0.15, -0.1) is 0 Å². The molecule has 0 aromatic carbocycles. The summed E-state index contributed by atoms with van der Waals surface area (Å²) in [5, 5.41) is 0. The van der Waals surface area contributed by atoms with Gasteiger partial charge in [-0.05, 0) is 28.1 Å². The fourth-order valence-electron chi connectivity index (χ4n) is 1.14. The van der Waals surface area contributed by atoms with Crippen molar-refractivity contribution in [3.8, 4) is 0 Å². The first kappa shape index (κ1) is 14.4. The molecule has 1 aromatic rings. The molecule has 0 bridgehead atoms. The molecule has 0 saturated carbocycles. The molecule has 0 aliphatic carbocycles. The largest absolute Gasteiger partial charge is 0.463 e. The van der Waals surface area contributed by atoms with E-state index in [0.29, 0.717) is 0 Å². The summed E-state index contributed by atoms with van der Waals surface area (Å²) >= 11 is 2.96. The van der Waals surface area contributed by atoms with Gasteiger partial charge in [-0.25, -0.2) is 16.4 Å². The van der Waals surface area contributed by atoms with Crippen molar-refractivity contribution >= 4 is 21.9 Å². The van der Waals surface area contributed by atoms with Gasteiger partial charge in [-0.2, -0.15) is 13.2 Å². The maximum atomic E-state index is 12.5. The highest BCUT2D eigenvalue weighted by molar-refractivity contribution is 9.10. The molecule has 96 valence electrons. The molecular formula is C10H6BrF3N2O2. The van der Waals surface area contributed by atoms with E-state index in [1.807, 2.05) is 0 Å². The van der Waals surface area contributed by atoms with E-state index in [0.717, 1.165) is 19.2 Å². The van der Waals surface area contributed by atoms with Gasteiger partial charge >= 0.3 is 18.2 Å². The van der Waals surface area contributed by atoms with Crippen LogP contribution in [0.5, 0.6) is 0 Å². The zero-order valence-electron chi connectivity index (χ0n) is 8.95. The molecule has 1 atom stereocenters. The first-order valence-corrected chi connectivity index (χ1v) is 5.28. The topological polar surface area (TPSA) is 43.5 Å². The number of halogens is 4. The van der Waals surface area contributed by atoms with Gasteiger partial charge in [-0.1, -0.05) is 0 Å². The normalized spacial score (nSPS) is 12.7. The maximum Gasteiger partial charge on any atom is 0.433 e. The van der Waals surface area contributed by atoms with Crippen LogP contribution in [0.3, 0.4) is 0 Å². The minimum atomic E-state index is -4.64. The van der Waals surface area contributed by atoms with Gasteiger partial charge in [-0.3, -0.25) is 4.85 Å². The fraction of sp³-hybridized carbons (Fsp3) is 0.300. The van der Waals surface area contributed by atoms with Crippen molar-refractivity contribution in [2.45, 2.75) is 12.2 Å². The highest BCUT2D eigenvalue weighted by Gasteiger charge is 2.37. The highest BCUT2D eigenvalue weighted by atomic mass is 79.9. The number of carbonyl (C=O) groups is 1. The number of methoxy groups -OCH3 is 1. The minimum absolute atomic E-state index is 0.141. The summed E-state index contributed by atoms with van der Waals surface area (Å²) in [6.45, 7) is 6.84. The van der Waals surface area contributed by atoms with Gasteiger partial charge in [0.1, 0.15) is 11.4 Å². The van der Waals surface area contributed by atoms with Crippen molar-refractivity contribution in [2.24, 2.45) is 0 Å². The van der Waals surface area contributed by atoms with Gasteiger partial charge < -0.3 is 4.74 Å². The van der Waals surface area contributed by atoms with Gasteiger partial charge in [0, 0.05) is 4.47 Å². The average Bonchev–Trinajstić information content (AvgIpc) is 2.30. The van der Waals surface area contributed by atoms with Crippen LogP contribution >= 0.6 is 15.9 Å². The standard InChI is InChI=1S/C10H6BrF3N2O2/c1-15-8(9(17)18-2)7-5(11)3-4-6(16-7)10(12,13)14/h3-4,8H,2H3. The first-order valence-electron chi connectivity index (χ1n) is 4.49. The number of nitrogens with zero attached hydrogens (tertiary/aromatic N) is 2. The third kappa shape index (κ3) is 2.98. The molecule has 0 aliphatic heterocycles. The zero-order chi connectivity index (χ0) is 13.9. The van der Waals surface area contributed by atoms with Gasteiger partial charge in [0.15, 0.2) is 0 Å². The number of rotatable bonds is 2. The Kier molecular flexibility index (Phi) is 4.29. The summed E-state index contributed by atoms with van der Waals surface area (Å²) in [6.07, 6.45) is -4.64. The summed E-state index contributed by atoms with van der Waals surface area (Å²) in [5.74, 6) is -0.961. The molecule has 0 fully saturated rings. The van der Waals surface area contributed by atoms with Crippen molar-refractivity contribution in [3.05, 3.63) is 39.4 Å². The SMILES string of the molecule is [C-]#[N+]C(C(=O)OC)c1nc(C(F)(F)F)ccc1Br. The second kappa shape index (κ2) is 5.35. The third-order valence-electron chi connectivity index (χ3n) is 1.98. The third-order valence-corrected chi connectivity index (χ3v) is 2.65. The van der Waals surface area contributed by atoms with Crippen LogP contribution in [0, 0.1) is 6.57 Å². The molecular weight excluding hydrogens is 317 g/mol. The van der Waals surface area contributed by atoms with Crippen LogP contribution < -0.4 is 0 Å². The lowest BCUT2D eigenvalue weighted by atomic mass is 10.2. The van der Waals surface area contributed by atoms with Gasteiger partial charge in [0.05, 0.1) is 7.11 Å². The van der Waals surface area contributed by atoms with E-state index in [4.69, 9.17) is 6.57 Å². The number of aromatic nitrogens is 1. The lowest BCUT2D eigenvalue weighted by Gasteiger charge is -2.09. The molecule has 1 aromatic heterocycles. The molecule has 18 heavy (non-hydrogen) atoms. The van der Waals surface area contributed by atoms with E-state index in [1.54, 1.807) is 0 Å². The Hall–Kier alpha value is -1.62. The Balaban J connectivity index is 3.31. The van der Waals surface area contributed by atoms with Crippen LogP contribution in [0.2, 0.25) is 0 Å². The van der Waals surface area contributed by atoms with Gasteiger partial charge in [0.25, 0.3) is 0 Å². The number of alkyl halides is 3. The van der Waals surface area contributed by atoms with E-state index >= 15 is 0 Å². The van der Waals surface area contributed by atoms with Crippen molar-refractivity contribution in [3.63, 3.8) is 0 Å². The summed E-state index contributed by atoms with van der Waals surface area (Å²) in [6, 6.07) is 0.324. The van der Waals surface area contributed by atoms with Crippen LogP contribution in [0.4, 0.5) is 13.2 Å². The van der Waals surface area contributed by atoms with Gasteiger partial charge in [0.2, 0.25) is 0 Å². The van der Waals surface area contributed by atoms with Crippen LogP contribution in [0.25, 0.3) is 4.85 Å². The molecule has 1 heterocycles. The summed E-state index contributed by atoms with van der Waals surface area (Å²) in [7, 11) is 1.04. The second-order valence-corrected chi connectivity index (χ2v) is 3.97. The monoisotopic (exact) mass is 322 g/mol. The molecule has 0 N–H and O–H groups in total. The van der Waals surface area contributed by atoms with E-state index in [9.17, 15) is 18.0 Å². The van der Waals surface area contributed by atoms with E-state index < -0.39 is 23.9 Å². The lowest BCUT2D eigenvalue weighted by Crippen LogP contribution is -2.16. The number of hydrogen-bond acceptors (Lipinski definition) is 3. The van der Waals surface area contributed by atoms with Crippen LogP contribution in [0.1, 0.15) is 17.4 Å². The Morgan fingerprint density at radius 3 is 2.61 bits per heavy atom. The first-order chi connectivity index (χ1) is 8.31. The van der Waals surface area contributed by atoms with Crippen LogP contribution in [-0.4, -0.2) is 18.1 Å². The fourth-order valence-corrected chi connectivity index (χ4v) is 1.58. The number of ether oxygens (including phenoxy) is 1. The Bertz CT molecular complexity index is 511. The maximum absolute atomic E-state index is 12.5. The number of hydrogen-bond donors (Lipinski definition) is 0. The summed E-state index contributed by atoms with van der Waals surface area (Å²) in [5.41, 5.74) is -1.48. The van der Waals surface area contributed by atoms with Crippen molar-refractivity contribution in [2.75, 3.05) is 7.11 Å². The summed E-state index contributed by atoms with van der Waals surface area (Å²) < 4.78 is 41.9. The number of pyridine rings is 1. The van der Waals surface area contributed by atoms with Crippen molar-refractivity contribution in [1.82, 2.24) is 4.98 Å². The minimum Gasteiger partial charge on any atom is -0.463 e. The quantitative estimate of drug-likeness (QED) is 0.621. The molecule has 1 unspecified atom stereocenters. The molecule has 0 aliphatic rings. The Morgan fingerprint density at radius 1 is 1.56 bits per heavy atom. The Labute approximate surface area is 109 Å². The van der Waals surface area contributed by atoms with Crippen LogP contribution in [0.15, 0.2) is 16.6 Å². The Morgan fingerprint density at radius 2 is 2.17 bits per heavy atom. The summed E-state index contributed by atoms with van der Waals surface area (Å²) in [4.78, 5) is 17.5. The zero-order valence-corrected chi connectivity index (χ0v) is 10.5. The van der Waals surface area contributed by atoms with Crippen molar-refractivity contribution < 1.29 is 22.7 Å². The molecule has 0 spiro atoms. The molecule has 8 heteroatoms. The average molecular weight is 323 g/mol. The van der Waals surface area contributed by atoms with E-state index in [1.165, 1.54) is 0 Å².